The molecule has 0 fully saturated rings. The van der Waals surface area contributed by atoms with E-state index in [1.54, 1.807) is 37.4 Å². The number of nitrogens with one attached hydrogen (secondary N) is 2. The molecule has 2 N–H and O–H groups in total. The molecule has 194 valence electrons. The fourth-order valence-corrected chi connectivity index (χ4v) is 3.73. The summed E-state index contributed by atoms with van der Waals surface area (Å²) >= 11 is 0. The van der Waals surface area contributed by atoms with Crippen LogP contribution < -0.4 is 10.1 Å². The van der Waals surface area contributed by atoms with Crippen LogP contribution in [0.25, 0.3) is 22.6 Å². The minimum absolute atomic E-state index is 0.00853. The number of esters is 1. The van der Waals surface area contributed by atoms with Gasteiger partial charge in [-0.25, -0.2) is 32.3 Å². The number of aromatic nitrogens is 5. The predicted molar refractivity (Wildman–Crippen MR) is 128 cm³/mol. The number of ether oxygens (including phenoxy) is 2. The normalized spacial score (nSPS) is 11.1. The number of pyridine rings is 1. The molecule has 0 amide bonds. The molecule has 0 bridgehead atoms. The first kappa shape index (κ1) is 24.7. The molecule has 3 heterocycles. The van der Waals surface area contributed by atoms with Crippen LogP contribution in [-0.4, -0.2) is 37.6 Å². The molecule has 0 aliphatic rings. The van der Waals surface area contributed by atoms with Gasteiger partial charge in [0.15, 0.2) is 29.1 Å². The third kappa shape index (κ3) is 4.27. The second-order valence-corrected chi connectivity index (χ2v) is 8.14. The van der Waals surface area contributed by atoms with Gasteiger partial charge in [0.1, 0.15) is 28.6 Å². The van der Waals surface area contributed by atoms with Crippen LogP contribution in [0.2, 0.25) is 0 Å². The van der Waals surface area contributed by atoms with E-state index in [-0.39, 0.29) is 11.6 Å². The summed E-state index contributed by atoms with van der Waals surface area (Å²) in [6, 6.07) is 8.13. The molecule has 0 unspecified atom stereocenters. The highest BCUT2D eigenvalue weighted by atomic mass is 19.2. The number of imidazole rings is 2. The van der Waals surface area contributed by atoms with Crippen LogP contribution >= 0.6 is 0 Å². The van der Waals surface area contributed by atoms with Crippen LogP contribution in [0, 0.1) is 30.2 Å². The second kappa shape index (κ2) is 9.50. The Hall–Kier alpha value is -4.94. The highest BCUT2D eigenvalue weighted by molar-refractivity contribution is 5.87. The number of H-pyrrole nitrogens is 1. The number of aromatic amines is 1. The molecule has 0 radical (unpaired) electrons. The van der Waals surface area contributed by atoms with Crippen molar-refractivity contribution in [2.75, 3.05) is 12.4 Å². The van der Waals surface area contributed by atoms with E-state index in [9.17, 15) is 22.4 Å². The summed E-state index contributed by atoms with van der Waals surface area (Å²) in [7, 11) is 2.84. The topological polar surface area (TPSA) is 107 Å². The molecule has 0 saturated heterocycles. The Morgan fingerprint density at radius 1 is 1.00 bits per heavy atom. The minimum Gasteiger partial charge on any atom is -0.464 e. The highest BCUT2D eigenvalue weighted by Gasteiger charge is 2.24. The maximum absolute atomic E-state index is 14.5. The number of benzene rings is 2. The van der Waals surface area contributed by atoms with Crippen LogP contribution in [0.4, 0.5) is 29.2 Å². The lowest BCUT2D eigenvalue weighted by Gasteiger charge is -2.11. The number of anilines is 2. The smallest absolute Gasteiger partial charge is 0.356 e. The van der Waals surface area contributed by atoms with Crippen molar-refractivity contribution in [2.45, 2.75) is 6.92 Å². The van der Waals surface area contributed by atoms with Gasteiger partial charge in [-0.15, -0.1) is 0 Å². The van der Waals surface area contributed by atoms with Crippen molar-refractivity contribution < 1.29 is 31.8 Å². The highest BCUT2D eigenvalue weighted by Crippen LogP contribution is 2.32. The van der Waals surface area contributed by atoms with Gasteiger partial charge in [0, 0.05) is 30.9 Å². The van der Waals surface area contributed by atoms with E-state index < -0.39 is 40.5 Å². The third-order valence-electron chi connectivity index (χ3n) is 5.76. The number of halogens is 4. The quantitative estimate of drug-likeness (QED) is 0.129. The van der Waals surface area contributed by atoms with Crippen molar-refractivity contribution in [3.63, 3.8) is 0 Å². The summed E-state index contributed by atoms with van der Waals surface area (Å²) < 4.78 is 68.4. The lowest BCUT2D eigenvalue weighted by Crippen LogP contribution is -2.08. The van der Waals surface area contributed by atoms with Crippen molar-refractivity contribution in [3.05, 3.63) is 77.3 Å². The number of rotatable bonds is 6. The zero-order valence-electron chi connectivity index (χ0n) is 20.1. The molecule has 0 saturated carbocycles. The maximum atomic E-state index is 14.5. The molecule has 3 aromatic heterocycles. The van der Waals surface area contributed by atoms with Gasteiger partial charge >= 0.3 is 5.97 Å². The fourth-order valence-electron chi connectivity index (χ4n) is 3.73. The maximum Gasteiger partial charge on any atom is 0.356 e. The van der Waals surface area contributed by atoms with E-state index in [4.69, 9.17) is 4.74 Å². The van der Waals surface area contributed by atoms with Crippen LogP contribution in [0.15, 0.2) is 42.7 Å². The first-order chi connectivity index (χ1) is 18.2. The van der Waals surface area contributed by atoms with E-state index >= 15 is 0 Å². The third-order valence-corrected chi connectivity index (χ3v) is 5.76. The number of nitrogens with zero attached hydrogens (tertiary/aromatic N) is 4. The zero-order valence-corrected chi connectivity index (χ0v) is 20.1. The predicted octanol–water partition coefficient (Wildman–Crippen LogP) is 5.55. The summed E-state index contributed by atoms with van der Waals surface area (Å²) in [6.07, 6.45) is 2.83. The molecule has 5 aromatic rings. The van der Waals surface area contributed by atoms with Crippen molar-refractivity contribution in [1.29, 1.82) is 0 Å². The number of aryl methyl sites for hydroxylation is 1. The molecule has 13 heteroatoms. The molecule has 9 nitrogen and oxygen atoms in total. The summed E-state index contributed by atoms with van der Waals surface area (Å²) in [4.78, 5) is 27.1. The molecule has 5 rings (SSSR count). The van der Waals surface area contributed by atoms with Gasteiger partial charge in [0.05, 0.1) is 24.3 Å². The SMILES string of the molecule is COC(=O)c1cnc(-c2cc(Oc3ccc4c(c3)nc(Nc3c(F)c(C)c(F)c(F)c3F)n4C)ccn2)[nH]1. The summed E-state index contributed by atoms with van der Waals surface area (Å²) in [6.45, 7) is 1.01. The number of carbonyl (C=O) groups is 1. The van der Waals surface area contributed by atoms with Gasteiger partial charge in [-0.05, 0) is 25.1 Å². The van der Waals surface area contributed by atoms with Crippen molar-refractivity contribution >= 4 is 28.6 Å². The molecule has 0 aliphatic carbocycles. The summed E-state index contributed by atoms with van der Waals surface area (Å²) in [5, 5.41) is 2.42. The monoisotopic (exact) mass is 526 g/mol. The van der Waals surface area contributed by atoms with Gasteiger partial charge in [0.2, 0.25) is 5.95 Å². The Bertz CT molecular complexity index is 1690. The molecular formula is C25H18F4N6O3. The molecule has 38 heavy (non-hydrogen) atoms. The second-order valence-electron chi connectivity index (χ2n) is 8.14. The van der Waals surface area contributed by atoms with Crippen molar-refractivity contribution in [2.24, 2.45) is 7.05 Å². The molecule has 0 aliphatic heterocycles. The molecule has 0 atom stereocenters. The van der Waals surface area contributed by atoms with E-state index in [2.05, 4.69) is 30.0 Å². The Balaban J connectivity index is 1.42. The van der Waals surface area contributed by atoms with Crippen molar-refractivity contribution in [3.8, 4) is 23.0 Å². The number of methoxy groups -OCH3 is 1. The molecular weight excluding hydrogens is 508 g/mol. The number of carbonyl (C=O) groups excluding carboxylic acids is 1. The summed E-state index contributed by atoms with van der Waals surface area (Å²) in [5.74, 6) is -5.78. The van der Waals surface area contributed by atoms with E-state index in [0.717, 1.165) is 6.92 Å². The average molecular weight is 526 g/mol. The Labute approximate surface area is 212 Å². The minimum atomic E-state index is -1.78. The largest absolute Gasteiger partial charge is 0.464 e. The van der Waals surface area contributed by atoms with Crippen LogP contribution in [-0.2, 0) is 11.8 Å². The standard InChI is InChI=1S/C25H18F4N6O3/c1-11-18(26)20(28)21(29)22(19(11)27)34-25-33-14-8-12(4-5-17(14)35(25)2)38-13-6-7-30-15(9-13)23-31-10-16(32-23)24(36)37-3/h4-10H,1-3H3,(H,31,32)(H,33,34). The van der Waals surface area contributed by atoms with Crippen LogP contribution in [0.1, 0.15) is 16.1 Å². The first-order valence-corrected chi connectivity index (χ1v) is 11.0. The van der Waals surface area contributed by atoms with Crippen LogP contribution in [0.3, 0.4) is 0 Å². The van der Waals surface area contributed by atoms with Crippen LogP contribution in [0.5, 0.6) is 11.5 Å². The number of fused-ring (bicyclic) bond motifs is 1. The molecule has 2 aromatic carbocycles. The van der Waals surface area contributed by atoms with Gasteiger partial charge in [-0.1, -0.05) is 0 Å². The number of hydrogen-bond acceptors (Lipinski definition) is 7. The lowest BCUT2D eigenvalue weighted by molar-refractivity contribution is 0.0594. The Morgan fingerprint density at radius 3 is 2.53 bits per heavy atom. The van der Waals surface area contributed by atoms with Gasteiger partial charge in [-0.3, -0.25) is 4.98 Å². The fraction of sp³-hybridized carbons (Fsp3) is 0.120. The van der Waals surface area contributed by atoms with Gasteiger partial charge in [0.25, 0.3) is 0 Å². The zero-order chi connectivity index (χ0) is 27.1. The Kier molecular flexibility index (Phi) is 6.18. The summed E-state index contributed by atoms with van der Waals surface area (Å²) in [5.41, 5.74) is 0.0346. The Morgan fingerprint density at radius 2 is 1.76 bits per heavy atom. The lowest BCUT2D eigenvalue weighted by atomic mass is 10.1. The van der Waals surface area contributed by atoms with Gasteiger partial charge in [-0.2, -0.15) is 0 Å². The molecule has 0 spiro atoms. The average Bonchev–Trinajstić information content (AvgIpc) is 3.53. The van der Waals surface area contributed by atoms with E-state index in [0.29, 0.717) is 34.1 Å². The van der Waals surface area contributed by atoms with E-state index in [1.165, 1.54) is 24.1 Å². The first-order valence-electron chi connectivity index (χ1n) is 11.0. The van der Waals surface area contributed by atoms with Gasteiger partial charge < -0.3 is 24.3 Å². The van der Waals surface area contributed by atoms with E-state index in [1.807, 2.05) is 0 Å². The van der Waals surface area contributed by atoms with Crippen molar-refractivity contribution in [1.82, 2.24) is 24.5 Å². The number of hydrogen-bond donors (Lipinski definition) is 2.